The third-order valence-electron chi connectivity index (χ3n) is 7.76. The minimum absolute atomic E-state index is 0.103. The van der Waals surface area contributed by atoms with E-state index >= 15 is 0 Å². The molecular formula is C30H36N8OS. The first-order valence-corrected chi connectivity index (χ1v) is 14.9. The predicted molar refractivity (Wildman–Crippen MR) is 163 cm³/mol. The van der Waals surface area contributed by atoms with Crippen LogP contribution >= 0.6 is 11.3 Å². The van der Waals surface area contributed by atoms with E-state index in [9.17, 15) is 4.79 Å². The minimum atomic E-state index is -0.103. The van der Waals surface area contributed by atoms with Gasteiger partial charge in [-0.3, -0.25) is 14.7 Å². The van der Waals surface area contributed by atoms with Crippen LogP contribution in [0.1, 0.15) is 46.4 Å². The number of nitrogens with two attached hydrogens (primary N) is 1. The zero-order chi connectivity index (χ0) is 27.5. The molecule has 0 bridgehead atoms. The Balaban J connectivity index is 1.16. The van der Waals surface area contributed by atoms with Gasteiger partial charge in [-0.15, -0.1) is 11.3 Å². The molecule has 3 N–H and O–H groups in total. The van der Waals surface area contributed by atoms with E-state index in [2.05, 4.69) is 61.3 Å². The molecule has 4 heterocycles. The number of hydrogen-bond acceptors (Lipinski definition) is 9. The maximum atomic E-state index is 13.2. The first-order valence-electron chi connectivity index (χ1n) is 14.1. The van der Waals surface area contributed by atoms with Gasteiger partial charge in [-0.05, 0) is 61.7 Å². The van der Waals surface area contributed by atoms with Crippen LogP contribution in [-0.4, -0.2) is 78.7 Å². The van der Waals surface area contributed by atoms with Crippen LogP contribution in [0.2, 0.25) is 0 Å². The Morgan fingerprint density at radius 1 is 1.02 bits per heavy atom. The van der Waals surface area contributed by atoms with Crippen molar-refractivity contribution in [2.75, 3.05) is 56.5 Å². The number of thiazole rings is 1. The summed E-state index contributed by atoms with van der Waals surface area (Å²) in [6, 6.07) is 14.2. The average molecular weight is 557 g/mol. The van der Waals surface area contributed by atoms with Gasteiger partial charge in [-0.1, -0.05) is 18.2 Å². The monoisotopic (exact) mass is 556 g/mol. The number of anilines is 3. The Morgan fingerprint density at radius 3 is 2.65 bits per heavy atom. The molecular weight excluding hydrogens is 520 g/mol. The number of amidine groups is 2. The van der Waals surface area contributed by atoms with Gasteiger partial charge in [0.1, 0.15) is 11.5 Å². The molecule has 10 heteroatoms. The summed E-state index contributed by atoms with van der Waals surface area (Å²) in [7, 11) is 2.17. The Labute approximate surface area is 239 Å². The first kappa shape index (κ1) is 26.6. The number of nitrogens with one attached hydrogen (secondary N) is 1. The van der Waals surface area contributed by atoms with Crippen LogP contribution in [0.5, 0.6) is 0 Å². The van der Waals surface area contributed by atoms with Gasteiger partial charge >= 0.3 is 0 Å². The molecule has 2 aromatic carbocycles. The molecule has 6 rings (SSSR count). The zero-order valence-corrected chi connectivity index (χ0v) is 23.8. The zero-order valence-electron chi connectivity index (χ0n) is 23.0. The van der Waals surface area contributed by atoms with E-state index in [0.29, 0.717) is 30.2 Å². The number of aryl methyl sites for hydroxylation is 1. The van der Waals surface area contributed by atoms with Crippen LogP contribution in [0.4, 0.5) is 16.5 Å². The summed E-state index contributed by atoms with van der Waals surface area (Å²) in [6.45, 7) is 6.78. The smallest absolute Gasteiger partial charge is 0.255 e. The van der Waals surface area contributed by atoms with E-state index in [0.717, 1.165) is 80.7 Å². The van der Waals surface area contributed by atoms with Crippen molar-refractivity contribution in [3.05, 3.63) is 70.2 Å². The van der Waals surface area contributed by atoms with Gasteiger partial charge in [0.05, 0.1) is 0 Å². The summed E-state index contributed by atoms with van der Waals surface area (Å²) < 4.78 is 0. The quantitative estimate of drug-likeness (QED) is 0.474. The lowest BCUT2D eigenvalue weighted by atomic mass is 10.1. The van der Waals surface area contributed by atoms with Crippen LogP contribution in [0.25, 0.3) is 0 Å². The Kier molecular flexibility index (Phi) is 7.90. The lowest BCUT2D eigenvalue weighted by molar-refractivity contribution is 0.102. The number of aliphatic imine (C=N–C) groups is 2. The minimum Gasteiger partial charge on any atom is -0.387 e. The van der Waals surface area contributed by atoms with E-state index in [4.69, 9.17) is 10.7 Å². The molecule has 1 fully saturated rings. The van der Waals surface area contributed by atoms with E-state index in [1.165, 1.54) is 11.1 Å². The van der Waals surface area contributed by atoms with Crippen LogP contribution in [0.15, 0.2) is 57.8 Å². The fraction of sp³-hybridized carbons (Fsp3) is 0.400. The second-order valence-electron chi connectivity index (χ2n) is 10.8. The number of nitrogens with zero attached hydrogens (tertiary/aromatic N) is 6. The van der Waals surface area contributed by atoms with E-state index in [1.807, 2.05) is 23.6 Å². The van der Waals surface area contributed by atoms with Gasteiger partial charge in [-0.2, -0.15) is 0 Å². The summed E-state index contributed by atoms with van der Waals surface area (Å²) in [4.78, 5) is 34.0. The molecule has 3 aliphatic rings. The summed E-state index contributed by atoms with van der Waals surface area (Å²) in [5, 5.41) is 6.02. The largest absolute Gasteiger partial charge is 0.387 e. The Hall–Kier alpha value is -3.60. The number of likely N-dealkylation sites (N-methyl/N-ethyl adjacent to an activating group) is 1. The molecule has 3 aromatic rings. The molecule has 40 heavy (non-hydrogen) atoms. The fourth-order valence-electron chi connectivity index (χ4n) is 5.37. The van der Waals surface area contributed by atoms with Crippen molar-refractivity contribution < 1.29 is 4.79 Å². The van der Waals surface area contributed by atoms with Crippen molar-refractivity contribution in [3.8, 4) is 0 Å². The number of carbonyl (C=O) groups excluding carboxylic acids is 1. The highest BCUT2D eigenvalue weighted by atomic mass is 32.1. The number of aromatic nitrogens is 1. The van der Waals surface area contributed by atoms with Crippen molar-refractivity contribution >= 4 is 45.4 Å². The van der Waals surface area contributed by atoms with Crippen molar-refractivity contribution in [2.24, 2.45) is 15.7 Å². The lowest BCUT2D eigenvalue weighted by Gasteiger charge is -2.32. The van der Waals surface area contributed by atoms with Crippen molar-refractivity contribution in [1.29, 1.82) is 0 Å². The number of hydrogen-bond donors (Lipinski definition) is 2. The topological polar surface area (TPSA) is 102 Å². The molecule has 1 saturated heterocycles. The number of carbonyl (C=O) groups is 1. The second kappa shape index (κ2) is 11.9. The maximum absolute atomic E-state index is 13.2. The summed E-state index contributed by atoms with van der Waals surface area (Å²) in [5.41, 5.74) is 11.7. The third kappa shape index (κ3) is 6.09. The predicted octanol–water partition coefficient (Wildman–Crippen LogP) is 4.12. The van der Waals surface area contributed by atoms with Crippen LogP contribution in [-0.2, 0) is 13.0 Å². The van der Waals surface area contributed by atoms with Crippen molar-refractivity contribution in [3.63, 3.8) is 0 Å². The van der Waals surface area contributed by atoms with Gasteiger partial charge in [0.25, 0.3) is 5.91 Å². The number of piperazine rings is 1. The highest BCUT2D eigenvalue weighted by molar-refractivity contribution is 7.14. The molecule has 9 nitrogen and oxygen atoms in total. The molecule has 0 aliphatic carbocycles. The van der Waals surface area contributed by atoms with Gasteiger partial charge in [-0.25, -0.2) is 9.98 Å². The van der Waals surface area contributed by atoms with Crippen LogP contribution in [0.3, 0.4) is 0 Å². The standard InChI is InChI=1S/C30H36N8OS/c1-36-14-16-37(17-15-36)19-21-5-7-23(8-6-21)29(39)33-24-10-9-22-4-2-3-13-38(26(22)18-24)30-34-25(20-40-30)28-32-12-11-27(31)35-28/h5-10,18,20H,2-4,11-17,19H2,1H3,(H,33,39)(H2,31,32,35). The number of amides is 1. The molecule has 208 valence electrons. The Bertz CT molecular complexity index is 1420. The van der Waals surface area contributed by atoms with Gasteiger partial charge in [0, 0.05) is 74.6 Å². The highest BCUT2D eigenvalue weighted by Gasteiger charge is 2.22. The fourth-order valence-corrected chi connectivity index (χ4v) is 6.21. The first-order chi connectivity index (χ1) is 19.5. The normalized spacial score (nSPS) is 18.5. The summed E-state index contributed by atoms with van der Waals surface area (Å²) in [5.74, 6) is 1.11. The molecule has 1 amide bonds. The third-order valence-corrected chi connectivity index (χ3v) is 8.62. The van der Waals surface area contributed by atoms with E-state index in [-0.39, 0.29) is 5.91 Å². The number of rotatable bonds is 6. The summed E-state index contributed by atoms with van der Waals surface area (Å²) >= 11 is 1.58. The van der Waals surface area contributed by atoms with Gasteiger partial charge in [0.2, 0.25) is 0 Å². The maximum Gasteiger partial charge on any atom is 0.255 e. The van der Waals surface area contributed by atoms with Crippen LogP contribution < -0.4 is 16.0 Å². The SMILES string of the molecule is CN1CCN(Cc2ccc(C(=O)Nc3ccc4c(c3)N(c3nc(C5=NCCC(N)=N5)cs3)CCCC4)cc2)CC1. The van der Waals surface area contributed by atoms with E-state index < -0.39 is 0 Å². The van der Waals surface area contributed by atoms with E-state index in [1.54, 1.807) is 11.3 Å². The average Bonchev–Trinajstić information content (AvgIpc) is 3.36. The molecule has 3 aliphatic heterocycles. The van der Waals surface area contributed by atoms with Crippen LogP contribution in [0, 0.1) is 0 Å². The van der Waals surface area contributed by atoms with Gasteiger partial charge in [0.15, 0.2) is 11.0 Å². The van der Waals surface area contributed by atoms with Crippen molar-refractivity contribution in [2.45, 2.75) is 32.2 Å². The summed E-state index contributed by atoms with van der Waals surface area (Å²) in [6.07, 6.45) is 3.87. The van der Waals surface area contributed by atoms with Gasteiger partial charge < -0.3 is 20.9 Å². The highest BCUT2D eigenvalue weighted by Crippen LogP contribution is 2.36. The number of benzene rings is 2. The molecule has 0 saturated carbocycles. The molecule has 1 aromatic heterocycles. The van der Waals surface area contributed by atoms with Crippen molar-refractivity contribution in [1.82, 2.24) is 14.8 Å². The molecule has 0 unspecified atom stereocenters. The number of fused-ring (bicyclic) bond motifs is 1. The second-order valence-corrected chi connectivity index (χ2v) is 11.6. The molecule has 0 spiro atoms. The lowest BCUT2D eigenvalue weighted by Crippen LogP contribution is -2.43. The molecule has 0 radical (unpaired) electrons. The molecule has 0 atom stereocenters. The Morgan fingerprint density at radius 2 is 1.85 bits per heavy atom.